The summed E-state index contributed by atoms with van der Waals surface area (Å²) in [5.41, 5.74) is 0.0740. The highest BCUT2D eigenvalue weighted by molar-refractivity contribution is 7.89. The Morgan fingerprint density at radius 3 is 2.44 bits per heavy atom. The summed E-state index contributed by atoms with van der Waals surface area (Å²) < 4.78 is 29.4. The fourth-order valence-electron chi connectivity index (χ4n) is 2.14. The number of anilines is 1. The lowest BCUT2D eigenvalue weighted by molar-refractivity contribution is 0.0697. The van der Waals surface area contributed by atoms with Crippen molar-refractivity contribution in [2.75, 3.05) is 5.32 Å². The van der Waals surface area contributed by atoms with E-state index in [-0.39, 0.29) is 27.9 Å². The van der Waals surface area contributed by atoms with Crippen molar-refractivity contribution in [3.05, 3.63) is 48.0 Å². The second kappa shape index (κ2) is 7.54. The standard InChI is InChI=1S/C17H20N2O5S/c1-3-11(2)19-14-10-15(24-12-7-5-4-6-8-12)16(25(18,22)23)9-13(14)17(20)21/h4-11,19H,3H2,1-2H3,(H,20,21)(H2,18,22,23). The summed E-state index contributed by atoms with van der Waals surface area (Å²) in [6.45, 7) is 3.83. The van der Waals surface area contributed by atoms with Crippen molar-refractivity contribution < 1.29 is 23.1 Å². The Labute approximate surface area is 146 Å². The predicted octanol–water partition coefficient (Wildman–Crippen LogP) is 3.03. The zero-order valence-electron chi connectivity index (χ0n) is 13.9. The maximum absolute atomic E-state index is 11.9. The topological polar surface area (TPSA) is 119 Å². The van der Waals surface area contributed by atoms with Crippen LogP contribution < -0.4 is 15.2 Å². The van der Waals surface area contributed by atoms with E-state index in [2.05, 4.69) is 5.32 Å². The number of ether oxygens (including phenoxy) is 1. The van der Waals surface area contributed by atoms with Crippen LogP contribution in [0.4, 0.5) is 5.69 Å². The number of nitrogens with two attached hydrogens (primary N) is 1. The van der Waals surface area contributed by atoms with Crippen LogP contribution in [0.15, 0.2) is 47.4 Å². The third-order valence-electron chi connectivity index (χ3n) is 3.61. The van der Waals surface area contributed by atoms with Gasteiger partial charge in [0.25, 0.3) is 0 Å². The molecule has 134 valence electrons. The zero-order chi connectivity index (χ0) is 18.6. The van der Waals surface area contributed by atoms with Crippen LogP contribution in [-0.2, 0) is 10.0 Å². The van der Waals surface area contributed by atoms with Crippen LogP contribution in [0.3, 0.4) is 0 Å². The number of carboxylic acids is 1. The van der Waals surface area contributed by atoms with E-state index in [0.29, 0.717) is 5.75 Å². The van der Waals surface area contributed by atoms with Crippen LogP contribution in [0.5, 0.6) is 11.5 Å². The molecule has 25 heavy (non-hydrogen) atoms. The third kappa shape index (κ3) is 4.71. The smallest absolute Gasteiger partial charge is 0.337 e. The molecule has 2 rings (SSSR count). The number of aromatic carboxylic acids is 1. The Morgan fingerprint density at radius 2 is 1.92 bits per heavy atom. The highest BCUT2D eigenvalue weighted by Crippen LogP contribution is 2.34. The lowest BCUT2D eigenvalue weighted by atomic mass is 10.1. The number of benzene rings is 2. The summed E-state index contributed by atoms with van der Waals surface area (Å²) in [5, 5.41) is 17.7. The molecule has 0 saturated heterocycles. The Bertz CT molecular complexity index is 866. The summed E-state index contributed by atoms with van der Waals surface area (Å²) in [4.78, 5) is 11.1. The lowest BCUT2D eigenvalue weighted by Gasteiger charge is -2.18. The van der Waals surface area contributed by atoms with E-state index in [9.17, 15) is 18.3 Å². The minimum Gasteiger partial charge on any atom is -0.478 e. The van der Waals surface area contributed by atoms with E-state index < -0.39 is 16.0 Å². The third-order valence-corrected chi connectivity index (χ3v) is 4.54. The van der Waals surface area contributed by atoms with Gasteiger partial charge in [-0.25, -0.2) is 18.4 Å². The molecular formula is C17H20N2O5S. The molecule has 2 aromatic rings. The van der Waals surface area contributed by atoms with Gasteiger partial charge in [-0.2, -0.15) is 0 Å². The molecule has 0 aromatic heterocycles. The molecule has 0 saturated carbocycles. The van der Waals surface area contributed by atoms with E-state index in [4.69, 9.17) is 9.88 Å². The zero-order valence-corrected chi connectivity index (χ0v) is 14.7. The van der Waals surface area contributed by atoms with Crippen molar-refractivity contribution in [3.63, 3.8) is 0 Å². The molecule has 7 nitrogen and oxygen atoms in total. The fourth-order valence-corrected chi connectivity index (χ4v) is 2.80. The van der Waals surface area contributed by atoms with Gasteiger partial charge in [-0.3, -0.25) is 0 Å². The minimum atomic E-state index is -4.18. The second-order valence-electron chi connectivity index (χ2n) is 5.56. The second-order valence-corrected chi connectivity index (χ2v) is 7.09. The summed E-state index contributed by atoms with van der Waals surface area (Å²) in [6, 6.07) is 10.9. The molecule has 0 aliphatic carbocycles. The predicted molar refractivity (Wildman–Crippen MR) is 94.7 cm³/mol. The molecule has 0 bridgehead atoms. The molecule has 2 aromatic carbocycles. The lowest BCUT2D eigenvalue weighted by Crippen LogP contribution is -2.19. The minimum absolute atomic E-state index is 0.0111. The number of nitrogens with one attached hydrogen (secondary N) is 1. The number of hydrogen-bond acceptors (Lipinski definition) is 5. The Morgan fingerprint density at radius 1 is 1.28 bits per heavy atom. The number of sulfonamides is 1. The average Bonchev–Trinajstić information content (AvgIpc) is 2.54. The van der Waals surface area contributed by atoms with Gasteiger partial charge >= 0.3 is 5.97 Å². The molecule has 0 radical (unpaired) electrons. The first-order chi connectivity index (χ1) is 11.7. The van der Waals surface area contributed by atoms with Gasteiger partial charge in [0.15, 0.2) is 0 Å². The van der Waals surface area contributed by atoms with Crippen LogP contribution in [-0.4, -0.2) is 25.5 Å². The number of para-hydroxylation sites is 1. The van der Waals surface area contributed by atoms with Gasteiger partial charge < -0.3 is 15.2 Å². The Balaban J connectivity index is 2.61. The molecule has 8 heteroatoms. The first kappa shape index (κ1) is 18.8. The van der Waals surface area contributed by atoms with Gasteiger partial charge in [-0.15, -0.1) is 0 Å². The number of carbonyl (C=O) groups is 1. The normalized spacial score (nSPS) is 12.4. The maximum Gasteiger partial charge on any atom is 0.337 e. The van der Waals surface area contributed by atoms with E-state index in [1.807, 2.05) is 13.8 Å². The Kier molecular flexibility index (Phi) is 5.66. The highest BCUT2D eigenvalue weighted by Gasteiger charge is 2.23. The summed E-state index contributed by atoms with van der Waals surface area (Å²) in [6.07, 6.45) is 0.755. The average molecular weight is 364 g/mol. The summed E-state index contributed by atoms with van der Waals surface area (Å²) >= 11 is 0. The first-order valence-corrected chi connectivity index (χ1v) is 9.20. The van der Waals surface area contributed by atoms with E-state index in [1.54, 1.807) is 30.3 Å². The van der Waals surface area contributed by atoms with E-state index in [0.717, 1.165) is 12.5 Å². The quantitative estimate of drug-likeness (QED) is 0.695. The number of primary sulfonamides is 1. The fraction of sp³-hybridized carbons (Fsp3) is 0.235. The van der Waals surface area contributed by atoms with Gasteiger partial charge in [-0.05, 0) is 31.5 Å². The molecule has 1 atom stereocenters. The van der Waals surface area contributed by atoms with Gasteiger partial charge in [0.2, 0.25) is 10.0 Å². The number of rotatable bonds is 7. The highest BCUT2D eigenvalue weighted by atomic mass is 32.2. The summed E-state index contributed by atoms with van der Waals surface area (Å²) in [5.74, 6) is -0.892. The number of carboxylic acid groups (broad SMARTS) is 1. The van der Waals surface area contributed by atoms with Crippen molar-refractivity contribution in [2.24, 2.45) is 5.14 Å². The maximum atomic E-state index is 11.9. The molecule has 0 spiro atoms. The summed E-state index contributed by atoms with van der Waals surface area (Å²) in [7, 11) is -4.18. The van der Waals surface area contributed by atoms with Gasteiger partial charge in [0.1, 0.15) is 16.4 Å². The number of hydrogen-bond donors (Lipinski definition) is 3. The van der Waals surface area contributed by atoms with Crippen molar-refractivity contribution >= 4 is 21.7 Å². The molecule has 0 fully saturated rings. The molecule has 0 amide bonds. The van der Waals surface area contributed by atoms with Crippen LogP contribution in [0.25, 0.3) is 0 Å². The van der Waals surface area contributed by atoms with Gasteiger partial charge in [0, 0.05) is 12.1 Å². The molecule has 4 N–H and O–H groups in total. The van der Waals surface area contributed by atoms with Crippen LogP contribution in [0, 0.1) is 0 Å². The van der Waals surface area contributed by atoms with Gasteiger partial charge in [-0.1, -0.05) is 25.1 Å². The van der Waals surface area contributed by atoms with Crippen LogP contribution in [0.2, 0.25) is 0 Å². The van der Waals surface area contributed by atoms with Crippen molar-refractivity contribution in [3.8, 4) is 11.5 Å². The van der Waals surface area contributed by atoms with E-state index in [1.165, 1.54) is 6.07 Å². The van der Waals surface area contributed by atoms with Crippen molar-refractivity contribution in [2.45, 2.75) is 31.2 Å². The molecule has 0 aliphatic heterocycles. The van der Waals surface area contributed by atoms with Gasteiger partial charge in [0.05, 0.1) is 11.3 Å². The van der Waals surface area contributed by atoms with Crippen LogP contribution in [0.1, 0.15) is 30.6 Å². The molecular weight excluding hydrogens is 344 g/mol. The SMILES string of the molecule is CCC(C)Nc1cc(Oc2ccccc2)c(S(N)(=O)=O)cc1C(=O)O. The monoisotopic (exact) mass is 364 g/mol. The van der Waals surface area contributed by atoms with Crippen LogP contribution >= 0.6 is 0 Å². The molecule has 0 heterocycles. The first-order valence-electron chi connectivity index (χ1n) is 7.66. The molecule has 1 unspecified atom stereocenters. The Hall–Kier alpha value is -2.58. The van der Waals surface area contributed by atoms with E-state index >= 15 is 0 Å². The van der Waals surface area contributed by atoms with Crippen molar-refractivity contribution in [1.82, 2.24) is 0 Å². The van der Waals surface area contributed by atoms with Crippen molar-refractivity contribution in [1.29, 1.82) is 0 Å². The largest absolute Gasteiger partial charge is 0.478 e. The molecule has 0 aliphatic rings.